The number of benzene rings is 5. The number of ether oxygens (including phenoxy) is 2. The molecule has 1 aliphatic heterocycles. The Balaban J connectivity index is 1.07. The van der Waals surface area contributed by atoms with E-state index >= 15 is 0 Å². The zero-order valence-corrected chi connectivity index (χ0v) is 27.9. The molecular weight excluding hydrogens is 601 g/mol. The van der Waals surface area contributed by atoms with Crippen molar-refractivity contribution in [3.8, 4) is 11.5 Å². The molecule has 0 aliphatic carbocycles. The van der Waals surface area contributed by atoms with Crippen LogP contribution in [-0.2, 0) is 16.8 Å². The van der Waals surface area contributed by atoms with Gasteiger partial charge in [-0.3, -0.25) is 4.90 Å². The molecule has 5 aromatic carbocycles. The minimum Gasteiger partial charge on any atom is -0.494 e. The first-order valence-corrected chi connectivity index (χ1v) is 17.4. The molecule has 0 radical (unpaired) electrons. The normalized spacial score (nSPS) is 15.4. The molecule has 0 spiro atoms. The lowest BCUT2D eigenvalue weighted by Gasteiger charge is -2.43. The summed E-state index contributed by atoms with van der Waals surface area (Å²) in [7, 11) is 0. The van der Waals surface area contributed by atoms with Crippen LogP contribution in [0.25, 0.3) is 0 Å². The quantitative estimate of drug-likeness (QED) is 0.0524. The SMILES string of the molecule is CCOc1ccc(C(C)=NOCCOc2ccc(CC3CN(C(c4ccccc4)(c4ccccc4)c4ccccc4)CS3)cc2)cc1. The highest BCUT2D eigenvalue weighted by molar-refractivity contribution is 8.00. The Morgan fingerprint density at radius 2 is 1.23 bits per heavy atom. The maximum absolute atomic E-state index is 5.95. The number of nitrogens with zero attached hydrogens (tertiary/aromatic N) is 2. The maximum Gasteiger partial charge on any atom is 0.151 e. The van der Waals surface area contributed by atoms with Crippen LogP contribution < -0.4 is 9.47 Å². The largest absolute Gasteiger partial charge is 0.494 e. The smallest absolute Gasteiger partial charge is 0.151 e. The second kappa shape index (κ2) is 15.9. The van der Waals surface area contributed by atoms with Crippen LogP contribution in [0.4, 0.5) is 0 Å². The van der Waals surface area contributed by atoms with Crippen molar-refractivity contribution in [2.24, 2.45) is 5.16 Å². The van der Waals surface area contributed by atoms with Crippen LogP contribution in [0.1, 0.15) is 41.7 Å². The number of thioether (sulfide) groups is 1. The first kappa shape index (κ1) is 32.4. The molecular formula is C41H42N2O3S. The van der Waals surface area contributed by atoms with Crippen LogP contribution in [0.5, 0.6) is 11.5 Å². The van der Waals surface area contributed by atoms with E-state index in [1.165, 1.54) is 22.3 Å². The second-order valence-electron chi connectivity index (χ2n) is 11.6. The van der Waals surface area contributed by atoms with Crippen LogP contribution in [0, 0.1) is 0 Å². The molecule has 1 atom stereocenters. The molecule has 1 saturated heterocycles. The number of rotatable bonds is 14. The molecule has 0 saturated carbocycles. The molecule has 1 aliphatic rings. The average molecular weight is 643 g/mol. The van der Waals surface area contributed by atoms with Gasteiger partial charge in [0, 0.05) is 17.7 Å². The van der Waals surface area contributed by atoms with Gasteiger partial charge in [0.05, 0.1) is 17.9 Å². The van der Waals surface area contributed by atoms with Crippen LogP contribution in [-0.4, -0.2) is 48.1 Å². The monoisotopic (exact) mass is 642 g/mol. The van der Waals surface area contributed by atoms with Crippen molar-refractivity contribution in [2.45, 2.75) is 31.1 Å². The summed E-state index contributed by atoms with van der Waals surface area (Å²) >= 11 is 2.04. The summed E-state index contributed by atoms with van der Waals surface area (Å²) in [6.45, 7) is 6.33. The van der Waals surface area contributed by atoms with Crippen molar-refractivity contribution in [1.82, 2.24) is 4.90 Å². The fourth-order valence-corrected chi connectivity index (χ4v) is 7.61. The molecule has 5 aromatic rings. The van der Waals surface area contributed by atoms with Gasteiger partial charge in [0.25, 0.3) is 0 Å². The van der Waals surface area contributed by atoms with Gasteiger partial charge in [-0.05, 0) is 84.5 Å². The third-order valence-corrected chi connectivity index (χ3v) is 9.80. The van der Waals surface area contributed by atoms with Crippen LogP contribution >= 0.6 is 11.8 Å². The van der Waals surface area contributed by atoms with Crippen molar-refractivity contribution in [1.29, 1.82) is 0 Å². The van der Waals surface area contributed by atoms with E-state index in [9.17, 15) is 0 Å². The zero-order chi connectivity index (χ0) is 32.3. The Hall–Kier alpha value is -4.52. The number of hydrogen-bond acceptors (Lipinski definition) is 6. The van der Waals surface area contributed by atoms with Crippen molar-refractivity contribution in [3.63, 3.8) is 0 Å². The summed E-state index contributed by atoms with van der Waals surface area (Å²) in [5.74, 6) is 2.64. The Kier molecular flexibility index (Phi) is 10.9. The fraction of sp³-hybridized carbons (Fsp3) is 0.244. The molecule has 1 fully saturated rings. The van der Waals surface area contributed by atoms with E-state index in [0.29, 0.717) is 25.1 Å². The Labute approximate surface area is 283 Å². The Morgan fingerprint density at radius 3 is 1.79 bits per heavy atom. The molecule has 1 heterocycles. The van der Waals surface area contributed by atoms with Gasteiger partial charge in [0.2, 0.25) is 0 Å². The summed E-state index contributed by atoms with van der Waals surface area (Å²) < 4.78 is 11.5. The van der Waals surface area contributed by atoms with Crippen molar-refractivity contribution >= 4 is 17.5 Å². The molecule has 0 aromatic heterocycles. The maximum atomic E-state index is 5.95. The van der Waals surface area contributed by atoms with Gasteiger partial charge in [-0.25, -0.2) is 0 Å². The third-order valence-electron chi connectivity index (χ3n) is 8.55. The topological polar surface area (TPSA) is 43.3 Å². The third kappa shape index (κ3) is 7.73. The van der Waals surface area contributed by atoms with Gasteiger partial charge in [-0.15, -0.1) is 11.8 Å². The van der Waals surface area contributed by atoms with E-state index < -0.39 is 0 Å². The van der Waals surface area contributed by atoms with E-state index in [-0.39, 0.29) is 5.54 Å². The summed E-state index contributed by atoms with van der Waals surface area (Å²) in [6.07, 6.45) is 0.999. The Bertz CT molecular complexity index is 1600. The van der Waals surface area contributed by atoms with Crippen LogP contribution in [0.2, 0.25) is 0 Å². The van der Waals surface area contributed by atoms with Crippen molar-refractivity contribution in [3.05, 3.63) is 167 Å². The lowest BCUT2D eigenvalue weighted by molar-refractivity contribution is 0.107. The van der Waals surface area contributed by atoms with Gasteiger partial charge in [-0.1, -0.05) is 108 Å². The Morgan fingerprint density at radius 1 is 0.702 bits per heavy atom. The average Bonchev–Trinajstić information content (AvgIpc) is 3.59. The fourth-order valence-electron chi connectivity index (χ4n) is 6.33. The minimum atomic E-state index is -0.373. The van der Waals surface area contributed by atoms with E-state index in [2.05, 4.69) is 125 Å². The van der Waals surface area contributed by atoms with Crippen molar-refractivity contribution in [2.75, 3.05) is 32.2 Å². The zero-order valence-electron chi connectivity index (χ0n) is 27.1. The van der Waals surface area contributed by atoms with Gasteiger partial charge in [0.15, 0.2) is 6.61 Å². The highest BCUT2D eigenvalue weighted by atomic mass is 32.2. The molecule has 5 nitrogen and oxygen atoms in total. The van der Waals surface area contributed by atoms with E-state index in [4.69, 9.17) is 14.3 Å². The van der Waals surface area contributed by atoms with E-state index in [1.54, 1.807) is 0 Å². The van der Waals surface area contributed by atoms with E-state index in [0.717, 1.165) is 41.6 Å². The molecule has 0 N–H and O–H groups in total. The summed E-state index contributed by atoms with van der Waals surface area (Å²) in [5.41, 5.74) is 6.63. The van der Waals surface area contributed by atoms with Crippen molar-refractivity contribution < 1.29 is 14.3 Å². The number of hydrogen-bond donors (Lipinski definition) is 0. The first-order chi connectivity index (χ1) is 23.2. The summed E-state index contributed by atoms with van der Waals surface area (Å²) in [6, 6.07) is 49.2. The summed E-state index contributed by atoms with van der Waals surface area (Å²) in [4.78, 5) is 8.19. The van der Waals surface area contributed by atoms with Gasteiger partial charge < -0.3 is 14.3 Å². The highest BCUT2D eigenvalue weighted by Crippen LogP contribution is 2.46. The van der Waals surface area contributed by atoms with Crippen LogP contribution in [0.15, 0.2) is 145 Å². The second-order valence-corrected chi connectivity index (χ2v) is 12.9. The minimum absolute atomic E-state index is 0.372. The highest BCUT2D eigenvalue weighted by Gasteiger charge is 2.45. The molecule has 6 rings (SSSR count). The van der Waals surface area contributed by atoms with E-state index in [1.807, 2.05) is 49.9 Å². The van der Waals surface area contributed by atoms with Gasteiger partial charge in [0.1, 0.15) is 18.1 Å². The van der Waals surface area contributed by atoms with Crippen LogP contribution in [0.3, 0.4) is 0 Å². The molecule has 0 bridgehead atoms. The predicted octanol–water partition coefficient (Wildman–Crippen LogP) is 8.81. The van der Waals surface area contributed by atoms with Gasteiger partial charge in [-0.2, -0.15) is 0 Å². The lowest BCUT2D eigenvalue weighted by atomic mass is 9.75. The number of oxime groups is 1. The molecule has 6 heteroatoms. The molecule has 0 amide bonds. The molecule has 1 unspecified atom stereocenters. The standard InChI is InChI=1S/C41H42N2O3S/c1-3-44-38-25-21-34(22-26-38)32(2)42-46-28-27-45-39-23-19-33(20-24-39)29-40-30-43(31-47-40)41(35-13-7-4-8-14-35,36-15-9-5-10-16-36)37-17-11-6-12-18-37/h4-26,40H,3,27-31H2,1-2H3. The lowest BCUT2D eigenvalue weighted by Crippen LogP contribution is -2.47. The molecule has 240 valence electrons. The predicted molar refractivity (Wildman–Crippen MR) is 194 cm³/mol. The van der Waals surface area contributed by atoms with Gasteiger partial charge >= 0.3 is 0 Å². The summed E-state index contributed by atoms with van der Waals surface area (Å²) in [5, 5.41) is 4.72. The first-order valence-electron chi connectivity index (χ1n) is 16.3. The molecule has 47 heavy (non-hydrogen) atoms.